The van der Waals surface area contributed by atoms with Crippen LogP contribution in [0.25, 0.3) is 0 Å². The first-order valence-electron chi connectivity index (χ1n) is 6.67. The van der Waals surface area contributed by atoms with Crippen LogP contribution in [0.5, 0.6) is 0 Å². The Kier molecular flexibility index (Phi) is 6.26. The molecule has 5 heteroatoms. The Morgan fingerprint density at radius 1 is 1.37 bits per heavy atom. The SMILES string of the molecule is OC(COCc1cccc(Br)c1)CN1CCNCC1. The van der Waals surface area contributed by atoms with Crippen molar-refractivity contribution in [2.75, 3.05) is 39.3 Å². The van der Waals surface area contributed by atoms with E-state index in [4.69, 9.17) is 4.74 Å². The number of nitrogens with zero attached hydrogens (tertiary/aromatic N) is 1. The highest BCUT2D eigenvalue weighted by atomic mass is 79.9. The molecule has 0 saturated carbocycles. The molecule has 1 fully saturated rings. The van der Waals surface area contributed by atoms with Crippen LogP contribution in [0.3, 0.4) is 0 Å². The van der Waals surface area contributed by atoms with Gasteiger partial charge in [-0.3, -0.25) is 4.90 Å². The van der Waals surface area contributed by atoms with Crippen molar-refractivity contribution in [2.24, 2.45) is 0 Å². The van der Waals surface area contributed by atoms with Crippen LogP contribution in [-0.2, 0) is 11.3 Å². The van der Waals surface area contributed by atoms with E-state index in [9.17, 15) is 5.11 Å². The van der Waals surface area contributed by atoms with Crippen LogP contribution in [0, 0.1) is 0 Å². The molecule has 4 nitrogen and oxygen atoms in total. The number of ether oxygens (including phenoxy) is 1. The van der Waals surface area contributed by atoms with Crippen molar-refractivity contribution in [3.05, 3.63) is 34.3 Å². The number of hydrogen-bond acceptors (Lipinski definition) is 4. The maximum absolute atomic E-state index is 9.94. The maximum Gasteiger partial charge on any atom is 0.0900 e. The number of aliphatic hydroxyl groups is 1. The lowest BCUT2D eigenvalue weighted by atomic mass is 10.2. The summed E-state index contributed by atoms with van der Waals surface area (Å²) < 4.78 is 6.62. The molecular formula is C14H21BrN2O2. The molecule has 2 N–H and O–H groups in total. The molecule has 0 radical (unpaired) electrons. The van der Waals surface area contributed by atoms with Gasteiger partial charge in [0.1, 0.15) is 0 Å². The zero-order valence-electron chi connectivity index (χ0n) is 11.0. The Morgan fingerprint density at radius 2 is 2.16 bits per heavy atom. The summed E-state index contributed by atoms with van der Waals surface area (Å²) in [7, 11) is 0. The van der Waals surface area contributed by atoms with E-state index in [1.165, 1.54) is 0 Å². The number of hydrogen-bond donors (Lipinski definition) is 2. The largest absolute Gasteiger partial charge is 0.389 e. The van der Waals surface area contributed by atoms with Gasteiger partial charge in [-0.05, 0) is 17.7 Å². The van der Waals surface area contributed by atoms with Crippen LogP contribution in [0.2, 0.25) is 0 Å². The molecule has 1 unspecified atom stereocenters. The highest BCUT2D eigenvalue weighted by Crippen LogP contribution is 2.12. The third kappa shape index (κ3) is 5.58. The van der Waals surface area contributed by atoms with Gasteiger partial charge in [0.25, 0.3) is 0 Å². The van der Waals surface area contributed by atoms with Crippen molar-refractivity contribution in [1.82, 2.24) is 10.2 Å². The molecule has 1 aliphatic heterocycles. The zero-order chi connectivity index (χ0) is 13.5. The van der Waals surface area contributed by atoms with Gasteiger partial charge in [-0.1, -0.05) is 28.1 Å². The van der Waals surface area contributed by atoms with Gasteiger partial charge >= 0.3 is 0 Å². The maximum atomic E-state index is 9.94. The summed E-state index contributed by atoms with van der Waals surface area (Å²) in [5.74, 6) is 0. The number of nitrogens with one attached hydrogen (secondary N) is 1. The monoisotopic (exact) mass is 328 g/mol. The molecule has 1 heterocycles. The molecule has 1 saturated heterocycles. The summed E-state index contributed by atoms with van der Waals surface area (Å²) in [6.45, 7) is 5.64. The summed E-state index contributed by atoms with van der Waals surface area (Å²) in [6, 6.07) is 8.03. The fraction of sp³-hybridized carbons (Fsp3) is 0.571. The Hall–Kier alpha value is -0.460. The second-order valence-electron chi connectivity index (χ2n) is 4.85. The number of β-amino-alcohol motifs (C(OH)–C–C–N with tert-alkyl or cyclic N) is 1. The molecule has 2 rings (SSSR count). The molecule has 0 bridgehead atoms. The number of halogens is 1. The third-order valence-electron chi connectivity index (χ3n) is 3.15. The van der Waals surface area contributed by atoms with Crippen molar-refractivity contribution in [3.63, 3.8) is 0 Å². The van der Waals surface area contributed by atoms with Crippen LogP contribution in [0.1, 0.15) is 5.56 Å². The van der Waals surface area contributed by atoms with Gasteiger partial charge < -0.3 is 15.2 Å². The normalized spacial score (nSPS) is 18.4. The van der Waals surface area contributed by atoms with E-state index in [1.54, 1.807) is 0 Å². The first kappa shape index (κ1) is 14.9. The number of rotatable bonds is 6. The lowest BCUT2D eigenvalue weighted by molar-refractivity contribution is 0.00822. The molecule has 1 aromatic rings. The molecule has 1 aromatic carbocycles. The van der Waals surface area contributed by atoms with Crippen molar-refractivity contribution >= 4 is 15.9 Å². The van der Waals surface area contributed by atoms with Gasteiger partial charge in [-0.25, -0.2) is 0 Å². The minimum absolute atomic E-state index is 0.385. The molecular weight excluding hydrogens is 308 g/mol. The lowest BCUT2D eigenvalue weighted by Gasteiger charge is -2.28. The number of aliphatic hydroxyl groups excluding tert-OH is 1. The van der Waals surface area contributed by atoms with E-state index in [0.29, 0.717) is 19.8 Å². The summed E-state index contributed by atoms with van der Waals surface area (Å²) in [5.41, 5.74) is 1.11. The van der Waals surface area contributed by atoms with Crippen molar-refractivity contribution < 1.29 is 9.84 Å². The third-order valence-corrected chi connectivity index (χ3v) is 3.64. The van der Waals surface area contributed by atoms with Gasteiger partial charge in [-0.15, -0.1) is 0 Å². The predicted molar refractivity (Wildman–Crippen MR) is 79.1 cm³/mol. The van der Waals surface area contributed by atoms with E-state index in [0.717, 1.165) is 36.2 Å². The zero-order valence-corrected chi connectivity index (χ0v) is 12.6. The van der Waals surface area contributed by atoms with Crippen LogP contribution < -0.4 is 5.32 Å². The summed E-state index contributed by atoms with van der Waals surface area (Å²) >= 11 is 3.43. The van der Waals surface area contributed by atoms with E-state index in [1.807, 2.05) is 24.3 Å². The van der Waals surface area contributed by atoms with Crippen molar-refractivity contribution in [1.29, 1.82) is 0 Å². The average Bonchev–Trinajstić information content (AvgIpc) is 2.40. The quantitative estimate of drug-likeness (QED) is 0.824. The Bertz CT molecular complexity index is 383. The Labute approximate surface area is 122 Å². The van der Waals surface area contributed by atoms with Crippen LogP contribution in [-0.4, -0.2) is 55.4 Å². The van der Waals surface area contributed by atoms with E-state index in [-0.39, 0.29) is 0 Å². The first-order chi connectivity index (χ1) is 9.24. The van der Waals surface area contributed by atoms with Gasteiger partial charge in [0.15, 0.2) is 0 Å². The van der Waals surface area contributed by atoms with Gasteiger partial charge in [0.2, 0.25) is 0 Å². The first-order valence-corrected chi connectivity index (χ1v) is 7.46. The molecule has 1 aliphatic rings. The second-order valence-corrected chi connectivity index (χ2v) is 5.77. The van der Waals surface area contributed by atoms with Crippen molar-refractivity contribution in [2.45, 2.75) is 12.7 Å². The Balaban J connectivity index is 1.64. The standard InChI is InChI=1S/C14H21BrN2O2/c15-13-3-1-2-12(8-13)10-19-11-14(18)9-17-6-4-16-5-7-17/h1-3,8,14,16,18H,4-7,9-11H2. The average molecular weight is 329 g/mol. The summed E-state index contributed by atoms with van der Waals surface area (Å²) in [4.78, 5) is 2.27. The molecule has 0 spiro atoms. The van der Waals surface area contributed by atoms with Crippen LogP contribution in [0.15, 0.2) is 28.7 Å². The van der Waals surface area contributed by atoms with E-state index in [2.05, 4.69) is 26.1 Å². The highest BCUT2D eigenvalue weighted by Gasteiger charge is 2.14. The van der Waals surface area contributed by atoms with E-state index < -0.39 is 6.10 Å². The fourth-order valence-electron chi connectivity index (χ4n) is 2.18. The summed E-state index contributed by atoms with van der Waals surface area (Å²) in [5, 5.41) is 13.2. The molecule has 1 atom stereocenters. The van der Waals surface area contributed by atoms with Gasteiger partial charge in [-0.2, -0.15) is 0 Å². The predicted octanol–water partition coefficient (Wildman–Crippen LogP) is 1.23. The minimum Gasteiger partial charge on any atom is -0.389 e. The summed E-state index contributed by atoms with van der Waals surface area (Å²) in [6.07, 6.45) is -0.412. The van der Waals surface area contributed by atoms with Crippen LogP contribution >= 0.6 is 15.9 Å². The Morgan fingerprint density at radius 3 is 2.89 bits per heavy atom. The molecule has 0 amide bonds. The lowest BCUT2D eigenvalue weighted by Crippen LogP contribution is -2.47. The topological polar surface area (TPSA) is 44.7 Å². The van der Waals surface area contributed by atoms with Crippen LogP contribution in [0.4, 0.5) is 0 Å². The molecule has 0 aliphatic carbocycles. The molecule has 106 valence electrons. The highest BCUT2D eigenvalue weighted by molar-refractivity contribution is 9.10. The molecule has 0 aromatic heterocycles. The molecule has 19 heavy (non-hydrogen) atoms. The van der Waals surface area contributed by atoms with E-state index >= 15 is 0 Å². The van der Waals surface area contributed by atoms with Crippen molar-refractivity contribution in [3.8, 4) is 0 Å². The minimum atomic E-state index is -0.412. The number of benzene rings is 1. The van der Waals surface area contributed by atoms with Gasteiger partial charge in [0, 0.05) is 37.2 Å². The fourth-order valence-corrected chi connectivity index (χ4v) is 2.63. The second kappa shape index (κ2) is 7.97. The smallest absolute Gasteiger partial charge is 0.0900 e. The number of piperazine rings is 1. The van der Waals surface area contributed by atoms with Gasteiger partial charge in [0.05, 0.1) is 19.3 Å².